The van der Waals surface area contributed by atoms with Crippen molar-refractivity contribution in [1.82, 2.24) is 14.5 Å². The Bertz CT molecular complexity index is 1310. The number of benzene rings is 1. The van der Waals surface area contributed by atoms with Gasteiger partial charge in [-0.15, -0.1) is 0 Å². The van der Waals surface area contributed by atoms with Crippen molar-refractivity contribution < 1.29 is 32.6 Å². The van der Waals surface area contributed by atoms with Gasteiger partial charge < -0.3 is 38.2 Å². The molecule has 0 aliphatic carbocycles. The first-order chi connectivity index (χ1) is 18.8. The zero-order chi connectivity index (χ0) is 28.2. The zero-order valence-corrected chi connectivity index (χ0v) is 23.3. The molecule has 210 valence electrons. The molecule has 2 heterocycles. The summed E-state index contributed by atoms with van der Waals surface area (Å²) in [6.07, 6.45) is 1.92. The van der Waals surface area contributed by atoms with Gasteiger partial charge in [0.05, 0.1) is 24.2 Å². The van der Waals surface area contributed by atoms with Gasteiger partial charge in [0.1, 0.15) is 24.6 Å². The summed E-state index contributed by atoms with van der Waals surface area (Å²) in [5, 5.41) is 0.943. The molecule has 3 rings (SSSR count). The van der Waals surface area contributed by atoms with Crippen molar-refractivity contribution >= 4 is 48.3 Å². The second-order valence-corrected chi connectivity index (χ2v) is 9.82. The van der Waals surface area contributed by atoms with E-state index in [2.05, 4.69) is 21.3 Å². The predicted molar refractivity (Wildman–Crippen MR) is 146 cm³/mol. The summed E-state index contributed by atoms with van der Waals surface area (Å²) in [4.78, 5) is 35.3. The number of para-hydroxylation sites is 1. The van der Waals surface area contributed by atoms with Crippen LogP contribution in [-0.2, 0) is 45.6 Å². The van der Waals surface area contributed by atoms with Crippen molar-refractivity contribution in [2.75, 3.05) is 38.7 Å². The second kappa shape index (κ2) is 15.3. The minimum Gasteiger partial charge on any atom is -0.462 e. The fourth-order valence-corrected chi connectivity index (χ4v) is 4.83. The first-order valence-corrected chi connectivity index (χ1v) is 13.8. The molecule has 39 heavy (non-hydrogen) atoms. The van der Waals surface area contributed by atoms with E-state index in [-0.39, 0.29) is 33.0 Å². The lowest BCUT2D eigenvalue weighted by Crippen LogP contribution is -2.28. The van der Waals surface area contributed by atoms with Crippen LogP contribution in [0.15, 0.2) is 24.3 Å². The van der Waals surface area contributed by atoms with Gasteiger partial charge in [0, 0.05) is 32.2 Å². The molecule has 0 bridgehead atoms. The van der Waals surface area contributed by atoms with Crippen LogP contribution in [0, 0.1) is 6.57 Å². The molecule has 12 nitrogen and oxygen atoms in total. The Morgan fingerprint density at radius 1 is 1.10 bits per heavy atom. The zero-order valence-electron chi connectivity index (χ0n) is 22.4. The van der Waals surface area contributed by atoms with Crippen LogP contribution >= 0.6 is 8.60 Å². The van der Waals surface area contributed by atoms with Crippen LogP contribution in [-0.4, -0.2) is 65.5 Å². The molecule has 2 aromatic heterocycles. The third-order valence-electron chi connectivity index (χ3n) is 5.53. The van der Waals surface area contributed by atoms with Gasteiger partial charge in [-0.05, 0) is 12.5 Å². The third kappa shape index (κ3) is 8.83. The van der Waals surface area contributed by atoms with Crippen LogP contribution in [0.3, 0.4) is 0 Å². The number of anilines is 1. The minimum atomic E-state index is -1.89. The van der Waals surface area contributed by atoms with Gasteiger partial charge in [0.25, 0.3) is 0 Å². The number of carbonyl (C=O) groups excluding carboxylic acids is 2. The van der Waals surface area contributed by atoms with E-state index in [0.29, 0.717) is 17.9 Å². The van der Waals surface area contributed by atoms with Gasteiger partial charge >= 0.3 is 20.5 Å². The summed E-state index contributed by atoms with van der Waals surface area (Å²) in [6, 6.07) is 7.78. The van der Waals surface area contributed by atoms with E-state index in [9.17, 15) is 9.59 Å². The summed E-state index contributed by atoms with van der Waals surface area (Å²) in [5.41, 5.74) is 8.60. The molecule has 0 fully saturated rings. The number of pyridine rings is 1. The van der Waals surface area contributed by atoms with E-state index in [4.69, 9.17) is 40.3 Å². The van der Waals surface area contributed by atoms with Crippen molar-refractivity contribution in [3.05, 3.63) is 41.5 Å². The Morgan fingerprint density at radius 3 is 2.59 bits per heavy atom. The van der Waals surface area contributed by atoms with E-state index in [0.717, 1.165) is 41.5 Å². The first-order valence-electron chi connectivity index (χ1n) is 12.7. The summed E-state index contributed by atoms with van der Waals surface area (Å²) in [7, 11) is -1.89. The Hall–Kier alpha value is -3.36. The molecule has 0 aliphatic heterocycles. The molecule has 13 heteroatoms. The molecule has 0 saturated heterocycles. The number of imidazole rings is 1. The number of aromatic nitrogens is 3. The topological polar surface area (TPSA) is 141 Å². The molecule has 0 amide bonds. The molecular formula is C26H34N5O7P. The Labute approximate surface area is 228 Å². The fourth-order valence-electron chi connectivity index (χ4n) is 3.86. The SMILES string of the molecule is [C-]#[N+]CCOP(OCCn1c(CCCC)nc2c(N)nc3ccccc3c21)OC[C@@H](COC(C)=O)OC(C)=O. The average Bonchev–Trinajstić information content (AvgIpc) is 3.27. The van der Waals surface area contributed by atoms with Crippen molar-refractivity contribution in [3.8, 4) is 0 Å². The lowest BCUT2D eigenvalue weighted by atomic mass is 10.2. The minimum absolute atomic E-state index is 0.111. The van der Waals surface area contributed by atoms with Crippen LogP contribution in [0.2, 0.25) is 0 Å². The summed E-state index contributed by atoms with van der Waals surface area (Å²) < 4.78 is 29.6. The number of aryl methyl sites for hydroxylation is 1. The highest BCUT2D eigenvalue weighted by Gasteiger charge is 2.22. The van der Waals surface area contributed by atoms with Crippen LogP contribution in [0.25, 0.3) is 26.8 Å². The maximum Gasteiger partial charge on any atom is 0.333 e. The first kappa shape index (κ1) is 30.2. The average molecular weight is 560 g/mol. The van der Waals surface area contributed by atoms with E-state index in [1.54, 1.807) is 0 Å². The van der Waals surface area contributed by atoms with Gasteiger partial charge in [0.2, 0.25) is 6.54 Å². The number of esters is 2. The molecule has 0 saturated carbocycles. The monoisotopic (exact) mass is 559 g/mol. The lowest BCUT2D eigenvalue weighted by molar-refractivity contribution is -0.158. The predicted octanol–water partition coefficient (Wildman–Crippen LogP) is 4.20. The number of nitrogens with two attached hydrogens (primary N) is 1. The number of rotatable bonds is 16. The van der Waals surface area contributed by atoms with Crippen LogP contribution in [0.5, 0.6) is 0 Å². The van der Waals surface area contributed by atoms with Crippen LogP contribution in [0.1, 0.15) is 39.4 Å². The number of hydrogen-bond donors (Lipinski definition) is 1. The number of fused-ring (bicyclic) bond motifs is 3. The molecular weight excluding hydrogens is 525 g/mol. The quantitative estimate of drug-likeness (QED) is 0.117. The highest BCUT2D eigenvalue weighted by molar-refractivity contribution is 7.41. The smallest absolute Gasteiger partial charge is 0.333 e. The number of nitrogens with zero attached hydrogens (tertiary/aromatic N) is 4. The number of carbonyl (C=O) groups is 2. The van der Waals surface area contributed by atoms with E-state index >= 15 is 0 Å². The van der Waals surface area contributed by atoms with E-state index in [1.807, 2.05) is 24.3 Å². The highest BCUT2D eigenvalue weighted by atomic mass is 31.2. The van der Waals surface area contributed by atoms with Gasteiger partial charge in [-0.2, -0.15) is 0 Å². The summed E-state index contributed by atoms with van der Waals surface area (Å²) >= 11 is 0. The summed E-state index contributed by atoms with van der Waals surface area (Å²) in [5.74, 6) is 0.213. The van der Waals surface area contributed by atoms with Gasteiger partial charge in [-0.1, -0.05) is 31.5 Å². The Balaban J connectivity index is 1.77. The third-order valence-corrected chi connectivity index (χ3v) is 6.67. The fraction of sp³-hybridized carbons (Fsp3) is 0.500. The highest BCUT2D eigenvalue weighted by Crippen LogP contribution is 2.40. The van der Waals surface area contributed by atoms with Crippen LogP contribution < -0.4 is 5.73 Å². The molecule has 0 aliphatic rings. The van der Waals surface area contributed by atoms with E-state index < -0.39 is 26.6 Å². The number of hydrogen-bond acceptors (Lipinski definition) is 10. The molecule has 0 spiro atoms. The molecule has 0 radical (unpaired) electrons. The molecule has 3 aromatic rings. The number of nitrogen functional groups attached to an aromatic ring is 1. The maximum atomic E-state index is 11.5. The van der Waals surface area contributed by atoms with E-state index in [1.165, 1.54) is 13.8 Å². The molecule has 1 unspecified atom stereocenters. The Kier molecular flexibility index (Phi) is 11.8. The normalized spacial score (nSPS) is 12.8. The largest absolute Gasteiger partial charge is 0.462 e. The summed E-state index contributed by atoms with van der Waals surface area (Å²) in [6.45, 7) is 12.3. The second-order valence-electron chi connectivity index (χ2n) is 8.60. The molecule has 2 N–H and O–H groups in total. The van der Waals surface area contributed by atoms with Crippen molar-refractivity contribution in [2.45, 2.75) is 52.7 Å². The van der Waals surface area contributed by atoms with Gasteiger partial charge in [-0.25, -0.2) is 16.5 Å². The van der Waals surface area contributed by atoms with Gasteiger partial charge in [-0.3, -0.25) is 9.59 Å². The number of ether oxygens (including phenoxy) is 2. The standard InChI is InChI=1S/C26H34N5O7P/c1-5-6-11-23-30-24-25(21-9-7-8-10-22(21)29-26(24)27)31(23)13-15-36-39(35-14-12-28-4)37-17-20(38-19(3)33)16-34-18(2)32/h7-10,20H,5-6,11-17H2,1-3H3,(H2,27,29)/t20-,39?/m1/s1. The van der Waals surface area contributed by atoms with Crippen molar-refractivity contribution in [1.29, 1.82) is 0 Å². The maximum absolute atomic E-state index is 11.5. The Morgan fingerprint density at radius 2 is 1.87 bits per heavy atom. The number of unbranched alkanes of at least 4 members (excludes halogenated alkanes) is 1. The lowest BCUT2D eigenvalue weighted by Gasteiger charge is -2.21. The van der Waals surface area contributed by atoms with Crippen LogP contribution in [0.4, 0.5) is 5.82 Å². The van der Waals surface area contributed by atoms with Crippen molar-refractivity contribution in [2.24, 2.45) is 0 Å². The van der Waals surface area contributed by atoms with Crippen molar-refractivity contribution in [3.63, 3.8) is 0 Å². The molecule has 2 atom stereocenters. The van der Waals surface area contributed by atoms with Gasteiger partial charge in [0.15, 0.2) is 11.9 Å². The molecule has 1 aromatic carbocycles.